The van der Waals surface area contributed by atoms with E-state index in [9.17, 15) is 4.79 Å². The van der Waals surface area contributed by atoms with Gasteiger partial charge in [0.1, 0.15) is 0 Å². The van der Waals surface area contributed by atoms with Crippen LogP contribution in [0, 0.1) is 0 Å². The molecule has 1 aromatic carbocycles. The van der Waals surface area contributed by atoms with Crippen molar-refractivity contribution < 1.29 is 9.90 Å². The highest BCUT2D eigenvalue weighted by Crippen LogP contribution is 2.18. The third-order valence-corrected chi connectivity index (χ3v) is 2.45. The van der Waals surface area contributed by atoms with Crippen LogP contribution in [0.4, 0.5) is 5.69 Å². The zero-order valence-electron chi connectivity index (χ0n) is 8.39. The fraction of sp³-hybridized carbons (Fsp3) is 0.250. The molecule has 1 N–H and O–H groups in total. The number of carboxylic acids is 1. The maximum absolute atomic E-state index is 10.6. The SMILES string of the molecule is O=C(O)Cc1cccc(N2CC=CC2)c1. The molecule has 78 valence electrons. The highest BCUT2D eigenvalue weighted by Gasteiger charge is 2.08. The van der Waals surface area contributed by atoms with Crippen LogP contribution in [0.25, 0.3) is 0 Å². The molecule has 1 heterocycles. The van der Waals surface area contributed by atoms with Crippen LogP contribution in [0.5, 0.6) is 0 Å². The molecule has 0 fully saturated rings. The quantitative estimate of drug-likeness (QED) is 0.760. The number of anilines is 1. The molecular formula is C12H13NO2. The van der Waals surface area contributed by atoms with E-state index in [1.165, 1.54) is 0 Å². The molecule has 0 amide bonds. The summed E-state index contributed by atoms with van der Waals surface area (Å²) < 4.78 is 0. The van der Waals surface area contributed by atoms with Gasteiger partial charge >= 0.3 is 5.97 Å². The minimum atomic E-state index is -0.785. The van der Waals surface area contributed by atoms with Crippen molar-refractivity contribution in [2.24, 2.45) is 0 Å². The summed E-state index contributed by atoms with van der Waals surface area (Å²) in [5.41, 5.74) is 1.95. The number of nitrogens with zero attached hydrogens (tertiary/aromatic N) is 1. The highest BCUT2D eigenvalue weighted by molar-refractivity contribution is 5.71. The average Bonchev–Trinajstić information content (AvgIpc) is 2.69. The van der Waals surface area contributed by atoms with Gasteiger partial charge in [-0.3, -0.25) is 4.79 Å². The first kappa shape index (κ1) is 9.77. The van der Waals surface area contributed by atoms with Crippen molar-refractivity contribution in [3.63, 3.8) is 0 Å². The van der Waals surface area contributed by atoms with Gasteiger partial charge in [-0.15, -0.1) is 0 Å². The van der Waals surface area contributed by atoms with Gasteiger partial charge in [0.25, 0.3) is 0 Å². The minimum Gasteiger partial charge on any atom is -0.481 e. The van der Waals surface area contributed by atoms with Crippen LogP contribution in [0.15, 0.2) is 36.4 Å². The lowest BCUT2D eigenvalue weighted by Gasteiger charge is -2.18. The van der Waals surface area contributed by atoms with Gasteiger partial charge in [-0.05, 0) is 17.7 Å². The fourth-order valence-corrected chi connectivity index (χ4v) is 1.73. The van der Waals surface area contributed by atoms with Crippen molar-refractivity contribution in [1.29, 1.82) is 0 Å². The zero-order valence-corrected chi connectivity index (χ0v) is 8.39. The molecule has 0 aliphatic carbocycles. The molecule has 1 aliphatic heterocycles. The first-order valence-corrected chi connectivity index (χ1v) is 4.96. The van der Waals surface area contributed by atoms with Crippen LogP contribution in [0.1, 0.15) is 5.56 Å². The number of carboxylic acid groups (broad SMARTS) is 1. The molecule has 0 atom stereocenters. The molecule has 1 aromatic rings. The van der Waals surface area contributed by atoms with E-state index in [1.807, 2.05) is 24.3 Å². The smallest absolute Gasteiger partial charge is 0.307 e. The Kier molecular flexibility index (Phi) is 2.72. The second-order valence-electron chi connectivity index (χ2n) is 3.62. The van der Waals surface area contributed by atoms with Crippen molar-refractivity contribution in [2.75, 3.05) is 18.0 Å². The maximum atomic E-state index is 10.6. The standard InChI is InChI=1S/C12H13NO2/c14-12(15)9-10-4-3-5-11(8-10)13-6-1-2-7-13/h1-5,8H,6-7,9H2,(H,14,15). The van der Waals surface area contributed by atoms with Crippen molar-refractivity contribution in [1.82, 2.24) is 0 Å². The molecule has 0 saturated heterocycles. The molecule has 1 aliphatic rings. The van der Waals surface area contributed by atoms with Gasteiger partial charge in [-0.2, -0.15) is 0 Å². The van der Waals surface area contributed by atoms with Gasteiger partial charge < -0.3 is 10.0 Å². The lowest BCUT2D eigenvalue weighted by Crippen LogP contribution is -2.18. The summed E-state index contributed by atoms with van der Waals surface area (Å²) in [4.78, 5) is 12.8. The number of benzene rings is 1. The van der Waals surface area contributed by atoms with E-state index in [4.69, 9.17) is 5.11 Å². The Morgan fingerprint density at radius 1 is 1.33 bits per heavy atom. The third-order valence-electron chi connectivity index (χ3n) is 2.45. The van der Waals surface area contributed by atoms with Crippen LogP contribution in [-0.2, 0) is 11.2 Å². The van der Waals surface area contributed by atoms with Crippen LogP contribution < -0.4 is 4.90 Å². The number of hydrogen-bond donors (Lipinski definition) is 1. The maximum Gasteiger partial charge on any atom is 0.307 e. The predicted molar refractivity (Wildman–Crippen MR) is 59.1 cm³/mol. The molecule has 0 radical (unpaired) electrons. The van der Waals surface area contributed by atoms with Gasteiger partial charge in [0.15, 0.2) is 0 Å². The van der Waals surface area contributed by atoms with Crippen LogP contribution in [0.2, 0.25) is 0 Å². The molecule has 0 unspecified atom stereocenters. The number of rotatable bonds is 3. The minimum absolute atomic E-state index is 0.0924. The first-order chi connectivity index (χ1) is 7.25. The van der Waals surface area contributed by atoms with Crippen molar-refractivity contribution in [3.8, 4) is 0 Å². The largest absolute Gasteiger partial charge is 0.481 e. The Morgan fingerprint density at radius 3 is 2.73 bits per heavy atom. The molecule has 0 aromatic heterocycles. The van der Waals surface area contributed by atoms with Crippen molar-refractivity contribution >= 4 is 11.7 Å². The fourth-order valence-electron chi connectivity index (χ4n) is 1.73. The summed E-state index contributed by atoms with van der Waals surface area (Å²) in [6.07, 6.45) is 4.32. The van der Waals surface area contributed by atoms with E-state index in [0.29, 0.717) is 0 Å². The predicted octanol–water partition coefficient (Wildman–Crippen LogP) is 1.69. The second-order valence-corrected chi connectivity index (χ2v) is 3.62. The molecule has 0 bridgehead atoms. The number of hydrogen-bond acceptors (Lipinski definition) is 2. The molecule has 0 saturated carbocycles. The van der Waals surface area contributed by atoms with Gasteiger partial charge in [-0.1, -0.05) is 24.3 Å². The summed E-state index contributed by atoms with van der Waals surface area (Å²) in [7, 11) is 0. The molecular weight excluding hydrogens is 190 g/mol. The molecule has 3 nitrogen and oxygen atoms in total. The normalized spacial score (nSPS) is 14.5. The highest BCUT2D eigenvalue weighted by atomic mass is 16.4. The van der Waals surface area contributed by atoms with Gasteiger partial charge in [0, 0.05) is 18.8 Å². The average molecular weight is 203 g/mol. The molecule has 15 heavy (non-hydrogen) atoms. The van der Waals surface area contributed by atoms with Crippen molar-refractivity contribution in [3.05, 3.63) is 42.0 Å². The van der Waals surface area contributed by atoms with Gasteiger partial charge in [0.05, 0.1) is 6.42 Å². The van der Waals surface area contributed by atoms with Crippen LogP contribution in [0.3, 0.4) is 0 Å². The Labute approximate surface area is 88.6 Å². The van der Waals surface area contributed by atoms with Crippen LogP contribution in [-0.4, -0.2) is 24.2 Å². The summed E-state index contributed by atoms with van der Waals surface area (Å²) in [6.45, 7) is 1.83. The summed E-state index contributed by atoms with van der Waals surface area (Å²) >= 11 is 0. The third kappa shape index (κ3) is 2.37. The Balaban J connectivity index is 2.15. The topological polar surface area (TPSA) is 40.5 Å². The van der Waals surface area contributed by atoms with Crippen molar-refractivity contribution in [2.45, 2.75) is 6.42 Å². The van der Waals surface area contributed by atoms with Crippen LogP contribution >= 0.6 is 0 Å². The summed E-state index contributed by atoms with van der Waals surface area (Å²) in [5, 5.41) is 8.70. The zero-order chi connectivity index (χ0) is 10.7. The van der Waals surface area contributed by atoms with E-state index < -0.39 is 5.97 Å². The van der Waals surface area contributed by atoms with Gasteiger partial charge in [0.2, 0.25) is 0 Å². The second kappa shape index (κ2) is 4.17. The summed E-state index contributed by atoms with van der Waals surface area (Å²) in [5.74, 6) is -0.785. The Hall–Kier alpha value is -1.77. The molecule has 2 rings (SSSR count). The van der Waals surface area contributed by atoms with E-state index in [1.54, 1.807) is 0 Å². The lowest BCUT2D eigenvalue weighted by molar-refractivity contribution is -0.136. The van der Waals surface area contributed by atoms with E-state index >= 15 is 0 Å². The van der Waals surface area contributed by atoms with E-state index in [2.05, 4.69) is 17.1 Å². The first-order valence-electron chi connectivity index (χ1n) is 4.96. The Bertz CT molecular complexity index is 390. The number of carbonyl (C=O) groups is 1. The Morgan fingerprint density at radius 2 is 2.07 bits per heavy atom. The van der Waals surface area contributed by atoms with E-state index in [0.717, 1.165) is 24.3 Å². The number of aliphatic carboxylic acids is 1. The van der Waals surface area contributed by atoms with Gasteiger partial charge in [-0.25, -0.2) is 0 Å². The monoisotopic (exact) mass is 203 g/mol. The summed E-state index contributed by atoms with van der Waals surface area (Å²) in [6, 6.07) is 7.71. The lowest BCUT2D eigenvalue weighted by atomic mass is 10.1. The molecule has 0 spiro atoms. The van der Waals surface area contributed by atoms with E-state index in [-0.39, 0.29) is 6.42 Å². The molecule has 3 heteroatoms.